The summed E-state index contributed by atoms with van der Waals surface area (Å²) < 4.78 is 13.1. The van der Waals surface area contributed by atoms with Crippen LogP contribution >= 0.6 is 0 Å². The lowest BCUT2D eigenvalue weighted by Crippen LogP contribution is -2.50. The molecule has 2 aliphatic heterocycles. The zero-order chi connectivity index (χ0) is 20.6. The molecule has 0 aromatic heterocycles. The Labute approximate surface area is 172 Å². The Kier molecular flexibility index (Phi) is 5.39. The highest BCUT2D eigenvalue weighted by atomic mass is 16.5. The van der Waals surface area contributed by atoms with Gasteiger partial charge in [0.1, 0.15) is 11.4 Å². The lowest BCUT2D eigenvalue weighted by Gasteiger charge is -2.51. The van der Waals surface area contributed by atoms with E-state index in [1.54, 1.807) is 12.1 Å². The van der Waals surface area contributed by atoms with E-state index in [9.17, 15) is 9.90 Å². The first kappa shape index (κ1) is 20.0. The minimum Gasteiger partial charge on any atom is -0.487 e. The van der Waals surface area contributed by atoms with Crippen molar-refractivity contribution in [2.24, 2.45) is 5.92 Å². The minimum absolute atomic E-state index is 0.0709. The molecule has 0 bridgehead atoms. The molecule has 0 spiro atoms. The van der Waals surface area contributed by atoms with E-state index >= 15 is 0 Å². The molecule has 1 fully saturated rings. The third-order valence-corrected chi connectivity index (χ3v) is 6.55. The molecule has 0 amide bonds. The van der Waals surface area contributed by atoms with E-state index in [-0.39, 0.29) is 23.7 Å². The Balaban J connectivity index is 1.72. The van der Waals surface area contributed by atoms with Crippen LogP contribution < -0.4 is 4.74 Å². The molecule has 4 nitrogen and oxygen atoms in total. The molecule has 1 saturated heterocycles. The molecule has 2 aliphatic rings. The summed E-state index contributed by atoms with van der Waals surface area (Å²) >= 11 is 0. The van der Waals surface area contributed by atoms with Crippen LogP contribution in [0.4, 0.5) is 0 Å². The number of carboxylic acids is 1. The third kappa shape index (κ3) is 3.78. The van der Waals surface area contributed by atoms with Crippen LogP contribution in [-0.2, 0) is 4.74 Å². The number of hydrogen-bond acceptors (Lipinski definition) is 3. The Bertz CT molecular complexity index is 874. The second-order valence-corrected chi connectivity index (χ2v) is 8.86. The normalized spacial score (nSPS) is 27.4. The van der Waals surface area contributed by atoms with Crippen molar-refractivity contribution in [2.45, 2.75) is 70.2 Å². The number of unbranched alkanes of at least 4 members (excludes halogenated alkanes) is 1. The van der Waals surface area contributed by atoms with Crippen molar-refractivity contribution >= 4 is 5.97 Å². The Morgan fingerprint density at radius 3 is 2.62 bits per heavy atom. The average Bonchev–Trinajstić information content (AvgIpc) is 2.71. The molecule has 0 saturated carbocycles. The Hall–Kier alpha value is -2.33. The molecule has 1 N–H and O–H groups in total. The van der Waals surface area contributed by atoms with Gasteiger partial charge in [-0.2, -0.15) is 0 Å². The smallest absolute Gasteiger partial charge is 0.335 e. The topological polar surface area (TPSA) is 55.8 Å². The lowest BCUT2D eigenvalue weighted by atomic mass is 9.69. The number of carbonyl (C=O) groups is 1. The van der Waals surface area contributed by atoms with Crippen molar-refractivity contribution in [2.75, 3.05) is 0 Å². The van der Waals surface area contributed by atoms with E-state index in [1.165, 1.54) is 5.56 Å². The molecule has 0 radical (unpaired) electrons. The number of aromatic carboxylic acids is 1. The monoisotopic (exact) mass is 394 g/mol. The fourth-order valence-corrected chi connectivity index (χ4v) is 4.94. The lowest BCUT2D eigenvalue weighted by molar-refractivity contribution is -0.160. The molecule has 0 unspecified atom stereocenters. The first-order valence-corrected chi connectivity index (χ1v) is 10.7. The van der Waals surface area contributed by atoms with E-state index in [1.807, 2.05) is 6.07 Å². The molecule has 2 aromatic carbocycles. The van der Waals surface area contributed by atoms with Crippen molar-refractivity contribution in [3.8, 4) is 5.75 Å². The van der Waals surface area contributed by atoms with E-state index in [4.69, 9.17) is 9.47 Å². The standard InChI is InChI=1S/C25H30O4/c1-4-5-11-21-19(16-9-7-6-8-10-16)15-20-23(28-21)18-13-12-17(24(26)27)14-22(18)29-25(20,2)3/h6-10,12-14,19-21,23H,4-5,11,15H2,1-3H3,(H,26,27)/t19-,20+,21+,23-/m1/s1. The van der Waals surface area contributed by atoms with Crippen molar-refractivity contribution < 1.29 is 19.4 Å². The van der Waals surface area contributed by atoms with Crippen molar-refractivity contribution in [3.63, 3.8) is 0 Å². The van der Waals surface area contributed by atoms with Crippen molar-refractivity contribution in [1.29, 1.82) is 0 Å². The van der Waals surface area contributed by atoms with Gasteiger partial charge in [0.2, 0.25) is 0 Å². The highest BCUT2D eigenvalue weighted by Gasteiger charge is 2.50. The van der Waals surface area contributed by atoms with Gasteiger partial charge in [0.15, 0.2) is 0 Å². The van der Waals surface area contributed by atoms with Gasteiger partial charge in [0, 0.05) is 17.4 Å². The van der Waals surface area contributed by atoms with Crippen LogP contribution in [0.25, 0.3) is 0 Å². The zero-order valence-corrected chi connectivity index (χ0v) is 17.4. The molecule has 29 heavy (non-hydrogen) atoms. The number of hydrogen-bond donors (Lipinski definition) is 1. The first-order valence-electron chi connectivity index (χ1n) is 10.7. The second kappa shape index (κ2) is 7.83. The maximum atomic E-state index is 11.4. The summed E-state index contributed by atoms with van der Waals surface area (Å²) in [7, 11) is 0. The fourth-order valence-electron chi connectivity index (χ4n) is 4.94. The number of ether oxygens (including phenoxy) is 2. The first-order chi connectivity index (χ1) is 13.9. The number of fused-ring (bicyclic) bond motifs is 3. The second-order valence-electron chi connectivity index (χ2n) is 8.86. The maximum Gasteiger partial charge on any atom is 0.335 e. The van der Waals surface area contributed by atoms with E-state index in [2.05, 4.69) is 51.1 Å². The van der Waals surface area contributed by atoms with Gasteiger partial charge in [-0.3, -0.25) is 0 Å². The van der Waals surface area contributed by atoms with Crippen LogP contribution in [0.2, 0.25) is 0 Å². The van der Waals surface area contributed by atoms with Crippen LogP contribution in [0.5, 0.6) is 5.75 Å². The summed E-state index contributed by atoms with van der Waals surface area (Å²) in [6, 6.07) is 15.9. The van der Waals surface area contributed by atoms with Gasteiger partial charge in [-0.1, -0.05) is 56.2 Å². The van der Waals surface area contributed by atoms with Crippen LogP contribution in [0.3, 0.4) is 0 Å². The Morgan fingerprint density at radius 1 is 1.17 bits per heavy atom. The summed E-state index contributed by atoms with van der Waals surface area (Å²) in [4.78, 5) is 11.4. The van der Waals surface area contributed by atoms with Crippen LogP contribution in [0, 0.1) is 5.92 Å². The van der Waals surface area contributed by atoms with Gasteiger partial charge < -0.3 is 14.6 Å². The maximum absolute atomic E-state index is 11.4. The minimum atomic E-state index is -0.939. The molecule has 4 atom stereocenters. The average molecular weight is 395 g/mol. The van der Waals surface area contributed by atoms with Crippen LogP contribution in [0.1, 0.15) is 80.0 Å². The van der Waals surface area contributed by atoms with E-state index in [0.29, 0.717) is 11.7 Å². The molecule has 4 rings (SSSR count). The van der Waals surface area contributed by atoms with Gasteiger partial charge in [-0.25, -0.2) is 4.79 Å². The number of benzene rings is 2. The summed E-state index contributed by atoms with van der Waals surface area (Å²) in [5.41, 5.74) is 2.12. The zero-order valence-electron chi connectivity index (χ0n) is 17.4. The predicted octanol–water partition coefficient (Wildman–Crippen LogP) is 5.98. The summed E-state index contributed by atoms with van der Waals surface area (Å²) in [6.45, 7) is 6.40. The summed E-state index contributed by atoms with van der Waals surface area (Å²) in [6.07, 6.45) is 4.38. The van der Waals surface area contributed by atoms with Gasteiger partial charge in [0.05, 0.1) is 17.8 Å². The predicted molar refractivity (Wildman–Crippen MR) is 113 cm³/mol. The van der Waals surface area contributed by atoms with Gasteiger partial charge in [-0.05, 0) is 44.4 Å². The molecule has 2 aromatic rings. The molecule has 0 aliphatic carbocycles. The largest absolute Gasteiger partial charge is 0.487 e. The molecule has 154 valence electrons. The van der Waals surface area contributed by atoms with Crippen molar-refractivity contribution in [3.05, 3.63) is 65.2 Å². The number of rotatable bonds is 5. The van der Waals surface area contributed by atoms with Crippen LogP contribution in [-0.4, -0.2) is 22.8 Å². The fraction of sp³-hybridized carbons (Fsp3) is 0.480. The number of carboxylic acid groups (broad SMARTS) is 1. The summed E-state index contributed by atoms with van der Waals surface area (Å²) in [5, 5.41) is 9.36. The molecule has 2 heterocycles. The molecule has 4 heteroatoms. The quantitative estimate of drug-likeness (QED) is 0.678. The molecular formula is C25H30O4. The SMILES string of the molecule is CCCC[C@@H]1O[C@@H]2c3ccc(C(=O)O)cc3OC(C)(C)[C@H]2C[C@@H]1c1ccccc1. The summed E-state index contributed by atoms with van der Waals surface area (Å²) in [5.74, 6) is 0.245. The highest BCUT2D eigenvalue weighted by molar-refractivity contribution is 5.88. The molecular weight excluding hydrogens is 364 g/mol. The Morgan fingerprint density at radius 2 is 1.93 bits per heavy atom. The van der Waals surface area contributed by atoms with Gasteiger partial charge in [-0.15, -0.1) is 0 Å². The highest BCUT2D eigenvalue weighted by Crippen LogP contribution is 2.54. The van der Waals surface area contributed by atoms with E-state index in [0.717, 1.165) is 31.2 Å². The van der Waals surface area contributed by atoms with Gasteiger partial charge in [0.25, 0.3) is 0 Å². The third-order valence-electron chi connectivity index (χ3n) is 6.55. The van der Waals surface area contributed by atoms with Gasteiger partial charge >= 0.3 is 5.97 Å². The van der Waals surface area contributed by atoms with Crippen LogP contribution in [0.15, 0.2) is 48.5 Å². The van der Waals surface area contributed by atoms with E-state index < -0.39 is 11.6 Å². The van der Waals surface area contributed by atoms with Crippen molar-refractivity contribution in [1.82, 2.24) is 0 Å².